The molecule has 0 aliphatic carbocycles. The first kappa shape index (κ1) is 14.1. The van der Waals surface area contributed by atoms with Crippen molar-refractivity contribution < 1.29 is 14.7 Å². The second kappa shape index (κ2) is 5.78. The number of rotatable bonds is 4. The molecular weight excluding hydrogens is 330 g/mol. The van der Waals surface area contributed by atoms with Gasteiger partial charge in [0.15, 0.2) is 5.69 Å². The van der Waals surface area contributed by atoms with Crippen molar-refractivity contribution in [1.82, 2.24) is 20.0 Å². The van der Waals surface area contributed by atoms with Crippen LogP contribution in [0.3, 0.4) is 0 Å². The summed E-state index contributed by atoms with van der Waals surface area (Å²) < 4.78 is 1.96. The van der Waals surface area contributed by atoms with E-state index in [2.05, 4.69) is 36.5 Å². The molecule has 2 rings (SSSR count). The number of carboxylic acid groups (broad SMARTS) is 1. The van der Waals surface area contributed by atoms with Crippen LogP contribution in [0.4, 0.5) is 5.82 Å². The highest BCUT2D eigenvalue weighted by molar-refractivity contribution is 9.10. The van der Waals surface area contributed by atoms with Crippen molar-refractivity contribution in [2.24, 2.45) is 0 Å². The average molecular weight is 340 g/mol. The molecule has 2 N–H and O–H groups in total. The molecule has 0 saturated carbocycles. The molecular formula is C11H10BrN5O3. The lowest BCUT2D eigenvalue weighted by molar-refractivity contribution is -0.117. The molecule has 9 heteroatoms. The van der Waals surface area contributed by atoms with Crippen molar-refractivity contribution >= 4 is 33.6 Å². The molecule has 2 aromatic rings. The number of hydrogen-bond donors (Lipinski definition) is 2. The SMILES string of the molecule is Cc1cc(Br)cnc1NC(=O)Cn1cc(C(=O)O)nn1. The van der Waals surface area contributed by atoms with Crippen LogP contribution in [-0.4, -0.2) is 37.0 Å². The number of aromatic nitrogens is 4. The van der Waals surface area contributed by atoms with Crippen LogP contribution in [0.2, 0.25) is 0 Å². The number of aromatic carboxylic acids is 1. The Kier molecular flexibility index (Phi) is 4.08. The summed E-state index contributed by atoms with van der Waals surface area (Å²) in [5.74, 6) is -1.12. The Bertz CT molecular complexity index is 670. The molecule has 0 aliphatic heterocycles. The molecule has 104 valence electrons. The zero-order chi connectivity index (χ0) is 14.7. The second-order valence-electron chi connectivity index (χ2n) is 3.97. The summed E-state index contributed by atoms with van der Waals surface area (Å²) >= 11 is 3.28. The molecule has 20 heavy (non-hydrogen) atoms. The highest BCUT2D eigenvalue weighted by atomic mass is 79.9. The first-order valence-corrected chi connectivity index (χ1v) is 6.30. The fourth-order valence-electron chi connectivity index (χ4n) is 1.46. The molecule has 0 saturated heterocycles. The Morgan fingerprint density at radius 3 is 2.85 bits per heavy atom. The number of aryl methyl sites for hydroxylation is 1. The number of nitrogens with zero attached hydrogens (tertiary/aromatic N) is 4. The Morgan fingerprint density at radius 2 is 2.25 bits per heavy atom. The van der Waals surface area contributed by atoms with Crippen LogP contribution in [0.1, 0.15) is 16.1 Å². The predicted octanol–water partition coefficient (Wildman–Crippen LogP) is 1.08. The Morgan fingerprint density at radius 1 is 1.50 bits per heavy atom. The minimum absolute atomic E-state index is 0.141. The Labute approximate surface area is 121 Å². The lowest BCUT2D eigenvalue weighted by Crippen LogP contribution is -2.20. The molecule has 0 aromatic carbocycles. The van der Waals surface area contributed by atoms with Gasteiger partial charge in [-0.15, -0.1) is 5.10 Å². The van der Waals surface area contributed by atoms with Gasteiger partial charge >= 0.3 is 5.97 Å². The molecule has 0 aliphatic rings. The summed E-state index contributed by atoms with van der Waals surface area (Å²) in [4.78, 5) is 26.5. The molecule has 0 fully saturated rings. The van der Waals surface area contributed by atoms with E-state index in [-0.39, 0.29) is 18.1 Å². The number of carbonyl (C=O) groups excluding carboxylic acids is 1. The third-order valence-corrected chi connectivity index (χ3v) is 2.80. The average Bonchev–Trinajstić information content (AvgIpc) is 2.81. The van der Waals surface area contributed by atoms with Gasteiger partial charge < -0.3 is 10.4 Å². The normalized spacial score (nSPS) is 10.3. The van der Waals surface area contributed by atoms with E-state index in [0.717, 1.165) is 14.7 Å². The standard InChI is InChI=1S/C11H10BrN5O3/c1-6-2-7(12)3-13-10(6)14-9(18)5-17-4-8(11(19)20)15-16-17/h2-4H,5H2,1H3,(H,19,20)(H,13,14,18). The number of hydrogen-bond acceptors (Lipinski definition) is 5. The largest absolute Gasteiger partial charge is 0.476 e. The highest BCUT2D eigenvalue weighted by Gasteiger charge is 2.11. The first-order chi connectivity index (χ1) is 9.45. The number of anilines is 1. The number of halogens is 1. The minimum Gasteiger partial charge on any atom is -0.476 e. The fourth-order valence-corrected chi connectivity index (χ4v) is 1.91. The molecule has 0 bridgehead atoms. The van der Waals surface area contributed by atoms with E-state index < -0.39 is 5.97 Å². The summed E-state index contributed by atoms with van der Waals surface area (Å²) in [7, 11) is 0. The van der Waals surface area contributed by atoms with Gasteiger partial charge in [0.05, 0.1) is 6.20 Å². The maximum absolute atomic E-state index is 11.8. The van der Waals surface area contributed by atoms with Crippen LogP contribution in [0, 0.1) is 6.92 Å². The van der Waals surface area contributed by atoms with Crippen molar-refractivity contribution in [3.05, 3.63) is 34.2 Å². The Balaban J connectivity index is 2.03. The monoisotopic (exact) mass is 339 g/mol. The third-order valence-electron chi connectivity index (χ3n) is 2.37. The number of nitrogens with one attached hydrogen (secondary N) is 1. The van der Waals surface area contributed by atoms with Crippen molar-refractivity contribution in [1.29, 1.82) is 0 Å². The number of carboxylic acids is 1. The van der Waals surface area contributed by atoms with Gasteiger partial charge in [0.25, 0.3) is 0 Å². The molecule has 0 unspecified atom stereocenters. The van der Waals surface area contributed by atoms with E-state index in [1.165, 1.54) is 6.20 Å². The molecule has 2 heterocycles. The maximum Gasteiger partial charge on any atom is 0.358 e. The van der Waals surface area contributed by atoms with Gasteiger partial charge in [0, 0.05) is 10.7 Å². The maximum atomic E-state index is 11.8. The van der Waals surface area contributed by atoms with E-state index in [1.54, 1.807) is 6.20 Å². The molecule has 0 atom stereocenters. The highest BCUT2D eigenvalue weighted by Crippen LogP contribution is 2.16. The van der Waals surface area contributed by atoms with Crippen LogP contribution in [0.25, 0.3) is 0 Å². The summed E-state index contributed by atoms with van der Waals surface area (Å²) in [6.07, 6.45) is 2.75. The van der Waals surface area contributed by atoms with Gasteiger partial charge in [-0.25, -0.2) is 14.5 Å². The fraction of sp³-hybridized carbons (Fsp3) is 0.182. The van der Waals surface area contributed by atoms with Crippen LogP contribution in [-0.2, 0) is 11.3 Å². The van der Waals surface area contributed by atoms with Gasteiger partial charge in [-0.3, -0.25) is 4.79 Å². The summed E-state index contributed by atoms with van der Waals surface area (Å²) in [6, 6.07) is 1.82. The molecule has 8 nitrogen and oxygen atoms in total. The van der Waals surface area contributed by atoms with Gasteiger partial charge in [-0.05, 0) is 34.5 Å². The predicted molar refractivity (Wildman–Crippen MR) is 72.3 cm³/mol. The quantitative estimate of drug-likeness (QED) is 0.862. The molecule has 0 radical (unpaired) electrons. The van der Waals surface area contributed by atoms with E-state index in [4.69, 9.17) is 5.11 Å². The minimum atomic E-state index is -1.19. The van der Waals surface area contributed by atoms with Gasteiger partial charge in [0.2, 0.25) is 5.91 Å². The van der Waals surface area contributed by atoms with Crippen LogP contribution >= 0.6 is 15.9 Å². The number of carbonyl (C=O) groups is 2. The van der Waals surface area contributed by atoms with Gasteiger partial charge in [0.1, 0.15) is 12.4 Å². The van der Waals surface area contributed by atoms with Crippen LogP contribution < -0.4 is 5.32 Å². The lowest BCUT2D eigenvalue weighted by atomic mass is 10.3. The smallest absolute Gasteiger partial charge is 0.358 e. The second-order valence-corrected chi connectivity index (χ2v) is 4.89. The van der Waals surface area contributed by atoms with Crippen molar-refractivity contribution in [2.75, 3.05) is 5.32 Å². The molecule has 1 amide bonds. The molecule has 2 aromatic heterocycles. The summed E-state index contributed by atoms with van der Waals surface area (Å²) in [6.45, 7) is 1.67. The van der Waals surface area contributed by atoms with E-state index in [1.807, 2.05) is 13.0 Å². The van der Waals surface area contributed by atoms with Gasteiger partial charge in [-0.1, -0.05) is 5.21 Å². The van der Waals surface area contributed by atoms with Crippen molar-refractivity contribution in [3.63, 3.8) is 0 Å². The van der Waals surface area contributed by atoms with Gasteiger partial charge in [-0.2, -0.15) is 0 Å². The summed E-state index contributed by atoms with van der Waals surface area (Å²) in [5, 5.41) is 18.3. The number of pyridine rings is 1. The zero-order valence-corrected chi connectivity index (χ0v) is 12.0. The van der Waals surface area contributed by atoms with Crippen LogP contribution in [0.5, 0.6) is 0 Å². The first-order valence-electron chi connectivity index (χ1n) is 5.51. The topological polar surface area (TPSA) is 110 Å². The summed E-state index contributed by atoms with van der Waals surface area (Å²) in [5.41, 5.74) is 0.591. The Hall–Kier alpha value is -2.29. The lowest BCUT2D eigenvalue weighted by Gasteiger charge is -2.07. The van der Waals surface area contributed by atoms with E-state index in [0.29, 0.717) is 5.82 Å². The van der Waals surface area contributed by atoms with Crippen molar-refractivity contribution in [2.45, 2.75) is 13.5 Å². The van der Waals surface area contributed by atoms with Crippen molar-refractivity contribution in [3.8, 4) is 0 Å². The third kappa shape index (κ3) is 3.38. The molecule has 0 spiro atoms. The van der Waals surface area contributed by atoms with Crippen LogP contribution in [0.15, 0.2) is 22.9 Å². The van der Waals surface area contributed by atoms with E-state index in [9.17, 15) is 9.59 Å². The zero-order valence-electron chi connectivity index (χ0n) is 10.4. The van der Waals surface area contributed by atoms with E-state index >= 15 is 0 Å². The number of amides is 1.